The second kappa shape index (κ2) is 7.75. The van der Waals surface area contributed by atoms with Crippen molar-refractivity contribution >= 4 is 34.3 Å². The molecule has 0 unspecified atom stereocenters. The lowest BCUT2D eigenvalue weighted by Gasteiger charge is -2.35. The van der Waals surface area contributed by atoms with Crippen molar-refractivity contribution in [2.75, 3.05) is 10.6 Å². The van der Waals surface area contributed by atoms with Gasteiger partial charge >= 0.3 is 0 Å². The zero-order valence-electron chi connectivity index (χ0n) is 15.8. The summed E-state index contributed by atoms with van der Waals surface area (Å²) in [6.07, 6.45) is 2.20. The maximum Gasteiger partial charge on any atom is 0.273 e. The SMILES string of the molecule is NC(=O)c1nnc(N[C@@H]2CCCC(F)(F)[C@@H]2N)nc1Nc1ccc2ncccc2c1. The second-order valence-corrected chi connectivity index (χ2v) is 7.16. The molecule has 3 aromatic rings. The minimum absolute atomic E-state index is 0.0249. The monoisotopic (exact) mass is 414 g/mol. The summed E-state index contributed by atoms with van der Waals surface area (Å²) in [5.74, 6) is -3.77. The number of pyridine rings is 1. The lowest BCUT2D eigenvalue weighted by atomic mass is 9.87. The number of hydrogen-bond acceptors (Lipinski definition) is 8. The highest BCUT2D eigenvalue weighted by molar-refractivity contribution is 5.96. The fourth-order valence-corrected chi connectivity index (χ4v) is 3.46. The number of amides is 1. The smallest absolute Gasteiger partial charge is 0.273 e. The first kappa shape index (κ1) is 19.8. The average Bonchev–Trinajstić information content (AvgIpc) is 2.71. The molecule has 4 rings (SSSR count). The van der Waals surface area contributed by atoms with Crippen molar-refractivity contribution in [2.45, 2.75) is 37.3 Å². The molecule has 2 heterocycles. The fourth-order valence-electron chi connectivity index (χ4n) is 3.46. The number of alkyl halides is 2. The van der Waals surface area contributed by atoms with E-state index in [9.17, 15) is 13.6 Å². The van der Waals surface area contributed by atoms with Gasteiger partial charge < -0.3 is 22.1 Å². The third kappa shape index (κ3) is 3.96. The number of halogens is 2. The van der Waals surface area contributed by atoms with Gasteiger partial charge in [0.15, 0.2) is 11.5 Å². The van der Waals surface area contributed by atoms with Crippen LogP contribution in [0.15, 0.2) is 36.5 Å². The number of anilines is 3. The maximum atomic E-state index is 13.9. The van der Waals surface area contributed by atoms with Gasteiger partial charge in [-0.25, -0.2) is 8.78 Å². The molecule has 0 saturated heterocycles. The molecule has 1 saturated carbocycles. The molecule has 1 aliphatic rings. The van der Waals surface area contributed by atoms with Gasteiger partial charge in [0.05, 0.1) is 17.6 Å². The molecule has 30 heavy (non-hydrogen) atoms. The van der Waals surface area contributed by atoms with Crippen LogP contribution >= 0.6 is 0 Å². The molecular weight excluding hydrogens is 394 g/mol. The van der Waals surface area contributed by atoms with Gasteiger partial charge in [0, 0.05) is 23.7 Å². The van der Waals surface area contributed by atoms with E-state index in [1.165, 1.54) is 0 Å². The highest BCUT2D eigenvalue weighted by atomic mass is 19.3. The number of nitrogens with zero attached hydrogens (tertiary/aromatic N) is 4. The summed E-state index contributed by atoms with van der Waals surface area (Å²) in [5.41, 5.74) is 12.3. The zero-order valence-corrected chi connectivity index (χ0v) is 15.8. The predicted molar refractivity (Wildman–Crippen MR) is 108 cm³/mol. The maximum absolute atomic E-state index is 13.9. The van der Waals surface area contributed by atoms with E-state index in [1.54, 1.807) is 24.4 Å². The Morgan fingerprint density at radius 3 is 2.87 bits per heavy atom. The number of fused-ring (bicyclic) bond motifs is 1. The Labute approximate surface area is 170 Å². The molecule has 1 fully saturated rings. The van der Waals surface area contributed by atoms with Gasteiger partial charge in [0.1, 0.15) is 0 Å². The van der Waals surface area contributed by atoms with E-state index < -0.39 is 23.9 Å². The Balaban J connectivity index is 1.62. The molecule has 11 heteroatoms. The minimum atomic E-state index is -2.98. The summed E-state index contributed by atoms with van der Waals surface area (Å²) >= 11 is 0. The molecule has 0 bridgehead atoms. The summed E-state index contributed by atoms with van der Waals surface area (Å²) < 4.78 is 27.8. The van der Waals surface area contributed by atoms with Crippen LogP contribution in [0.1, 0.15) is 29.8 Å². The summed E-state index contributed by atoms with van der Waals surface area (Å²) in [5, 5.41) is 14.3. The summed E-state index contributed by atoms with van der Waals surface area (Å²) in [6, 6.07) is 6.96. The molecule has 1 aliphatic carbocycles. The molecule has 0 aliphatic heterocycles. The molecule has 2 aromatic heterocycles. The normalized spacial score (nSPS) is 20.6. The molecule has 0 radical (unpaired) electrons. The largest absolute Gasteiger partial charge is 0.364 e. The van der Waals surface area contributed by atoms with E-state index >= 15 is 0 Å². The number of hydrogen-bond donors (Lipinski definition) is 4. The Hall–Kier alpha value is -3.47. The van der Waals surface area contributed by atoms with Crippen molar-refractivity contribution in [3.8, 4) is 0 Å². The first-order chi connectivity index (χ1) is 14.3. The highest BCUT2D eigenvalue weighted by Crippen LogP contribution is 2.33. The van der Waals surface area contributed by atoms with Crippen molar-refractivity contribution in [2.24, 2.45) is 11.5 Å². The summed E-state index contributed by atoms with van der Waals surface area (Å²) in [4.78, 5) is 20.2. The van der Waals surface area contributed by atoms with Crippen LogP contribution in [-0.2, 0) is 0 Å². The van der Waals surface area contributed by atoms with E-state index in [4.69, 9.17) is 11.5 Å². The molecule has 6 N–H and O–H groups in total. The number of aromatic nitrogens is 4. The topological polar surface area (TPSA) is 145 Å². The molecule has 9 nitrogen and oxygen atoms in total. The zero-order chi connectivity index (χ0) is 21.3. The van der Waals surface area contributed by atoms with Crippen LogP contribution in [0.4, 0.5) is 26.2 Å². The second-order valence-electron chi connectivity index (χ2n) is 7.16. The van der Waals surface area contributed by atoms with E-state index in [-0.39, 0.29) is 23.9 Å². The van der Waals surface area contributed by atoms with Crippen molar-refractivity contribution in [3.63, 3.8) is 0 Å². The predicted octanol–water partition coefficient (Wildman–Crippen LogP) is 2.19. The first-order valence-corrected chi connectivity index (χ1v) is 9.40. The van der Waals surface area contributed by atoms with Crippen LogP contribution in [0.3, 0.4) is 0 Å². The Morgan fingerprint density at radius 2 is 2.07 bits per heavy atom. The quantitative estimate of drug-likeness (QED) is 0.497. The number of primary amides is 1. The minimum Gasteiger partial charge on any atom is -0.364 e. The number of nitrogens with two attached hydrogens (primary N) is 2. The Bertz CT molecular complexity index is 1090. The van der Waals surface area contributed by atoms with E-state index in [0.717, 1.165) is 10.9 Å². The van der Waals surface area contributed by atoms with Gasteiger partial charge in [-0.15, -0.1) is 10.2 Å². The number of carbonyl (C=O) groups is 1. The Morgan fingerprint density at radius 1 is 1.23 bits per heavy atom. The number of nitrogens with one attached hydrogen (secondary N) is 2. The van der Waals surface area contributed by atoms with Gasteiger partial charge in [-0.3, -0.25) is 9.78 Å². The lowest BCUT2D eigenvalue weighted by Crippen LogP contribution is -2.55. The summed E-state index contributed by atoms with van der Waals surface area (Å²) in [7, 11) is 0. The van der Waals surface area contributed by atoms with E-state index in [1.807, 2.05) is 12.1 Å². The third-order valence-corrected chi connectivity index (χ3v) is 5.05. The molecule has 156 valence electrons. The van der Waals surface area contributed by atoms with Gasteiger partial charge in [-0.05, 0) is 37.1 Å². The van der Waals surface area contributed by atoms with Gasteiger partial charge in [0.2, 0.25) is 5.95 Å². The lowest BCUT2D eigenvalue weighted by molar-refractivity contribution is -0.0555. The van der Waals surface area contributed by atoms with Crippen LogP contribution in [0.2, 0.25) is 0 Å². The highest BCUT2D eigenvalue weighted by Gasteiger charge is 2.45. The van der Waals surface area contributed by atoms with Crippen LogP contribution in [0, 0.1) is 0 Å². The van der Waals surface area contributed by atoms with E-state index in [0.29, 0.717) is 18.5 Å². The van der Waals surface area contributed by atoms with Gasteiger partial charge in [0.25, 0.3) is 11.8 Å². The first-order valence-electron chi connectivity index (χ1n) is 9.40. The standard InChI is InChI=1S/C19H20F2N8O/c20-19(21)7-1-4-13(15(19)22)26-18-27-17(14(16(23)30)28-29-18)25-11-5-6-12-10(9-11)3-2-8-24-12/h2-3,5-6,8-9,13,15H,1,4,7,22H2,(H2,23,30)(H2,25,26,27,29)/t13-,15-/m1/s1. The molecule has 0 spiro atoms. The third-order valence-electron chi connectivity index (χ3n) is 5.05. The molecule has 2 atom stereocenters. The van der Waals surface area contributed by atoms with Gasteiger partial charge in [-0.1, -0.05) is 6.07 Å². The van der Waals surface area contributed by atoms with Crippen molar-refractivity contribution in [1.29, 1.82) is 0 Å². The summed E-state index contributed by atoms with van der Waals surface area (Å²) in [6.45, 7) is 0. The molecule has 1 amide bonds. The van der Waals surface area contributed by atoms with E-state index in [2.05, 4.69) is 30.8 Å². The van der Waals surface area contributed by atoms with Crippen LogP contribution in [0.25, 0.3) is 10.9 Å². The van der Waals surface area contributed by atoms with Gasteiger partial charge in [-0.2, -0.15) is 4.98 Å². The number of carbonyl (C=O) groups excluding carboxylic acids is 1. The fraction of sp³-hybridized carbons (Fsp3) is 0.316. The van der Waals surface area contributed by atoms with Crippen LogP contribution < -0.4 is 22.1 Å². The average molecular weight is 414 g/mol. The van der Waals surface area contributed by atoms with Crippen molar-refractivity contribution in [3.05, 3.63) is 42.2 Å². The van der Waals surface area contributed by atoms with Crippen LogP contribution in [0.5, 0.6) is 0 Å². The molecular formula is C19H20F2N8O. The molecule has 1 aromatic carbocycles. The number of benzene rings is 1. The van der Waals surface area contributed by atoms with Crippen LogP contribution in [-0.4, -0.2) is 44.1 Å². The number of rotatable bonds is 5. The van der Waals surface area contributed by atoms with Crippen molar-refractivity contribution < 1.29 is 13.6 Å². The Kier molecular flexibility index (Phi) is 5.12. The van der Waals surface area contributed by atoms with Crippen molar-refractivity contribution in [1.82, 2.24) is 20.2 Å².